The fraction of sp³-hybridized carbons (Fsp3) is 0.455. The van der Waals surface area contributed by atoms with E-state index < -0.39 is 16.6 Å². The molecule has 2 aromatic carbocycles. The second kappa shape index (κ2) is 8.49. The molecular formula is C22H25F2N3O4S. The smallest absolute Gasteiger partial charge is 0.387 e. The molecular weight excluding hydrogens is 440 g/mol. The highest BCUT2D eigenvalue weighted by Crippen LogP contribution is 2.45. The third kappa shape index (κ3) is 3.91. The Balaban J connectivity index is 1.44. The Hall–Kier alpha value is -2.43. The zero-order valence-corrected chi connectivity index (χ0v) is 18.3. The van der Waals surface area contributed by atoms with E-state index in [1.165, 1.54) is 16.4 Å². The first-order valence-corrected chi connectivity index (χ1v) is 12.2. The van der Waals surface area contributed by atoms with Gasteiger partial charge in [-0.05, 0) is 48.7 Å². The van der Waals surface area contributed by atoms with Gasteiger partial charge in [-0.2, -0.15) is 13.1 Å². The number of fused-ring (bicyclic) bond motifs is 3. The second-order valence-corrected chi connectivity index (χ2v) is 10.1. The lowest BCUT2D eigenvalue weighted by Crippen LogP contribution is -2.40. The Morgan fingerprint density at radius 2 is 1.78 bits per heavy atom. The van der Waals surface area contributed by atoms with Gasteiger partial charge in [0.1, 0.15) is 11.9 Å². The summed E-state index contributed by atoms with van der Waals surface area (Å²) in [6, 6.07) is 12.0. The van der Waals surface area contributed by atoms with Crippen LogP contribution in [-0.4, -0.2) is 58.3 Å². The number of morpholine rings is 1. The van der Waals surface area contributed by atoms with Crippen LogP contribution in [-0.2, 0) is 21.3 Å². The zero-order valence-electron chi connectivity index (χ0n) is 17.5. The number of nitrogens with zero attached hydrogens (tertiary/aromatic N) is 3. The lowest BCUT2D eigenvalue weighted by atomic mass is 10.1. The second-order valence-electron chi connectivity index (χ2n) is 8.13. The topological polar surface area (TPSA) is 62.3 Å². The van der Waals surface area contributed by atoms with E-state index in [9.17, 15) is 17.2 Å². The number of alkyl halides is 2. The molecule has 7 nitrogen and oxygen atoms in total. The molecule has 5 rings (SSSR count). The van der Waals surface area contributed by atoms with Crippen molar-refractivity contribution in [2.75, 3.05) is 42.6 Å². The Kier molecular flexibility index (Phi) is 5.68. The van der Waals surface area contributed by atoms with Crippen LogP contribution in [0.1, 0.15) is 18.4 Å². The maximum Gasteiger partial charge on any atom is 0.387 e. The molecule has 0 unspecified atom stereocenters. The summed E-state index contributed by atoms with van der Waals surface area (Å²) < 4.78 is 62.5. The predicted octanol–water partition coefficient (Wildman–Crippen LogP) is 3.26. The van der Waals surface area contributed by atoms with Crippen molar-refractivity contribution in [2.45, 2.75) is 37.1 Å². The molecule has 0 spiro atoms. The van der Waals surface area contributed by atoms with Crippen LogP contribution in [0.25, 0.3) is 0 Å². The van der Waals surface area contributed by atoms with Gasteiger partial charge in [-0.3, -0.25) is 0 Å². The van der Waals surface area contributed by atoms with Crippen LogP contribution >= 0.6 is 0 Å². The van der Waals surface area contributed by atoms with Gasteiger partial charge in [0.2, 0.25) is 10.0 Å². The van der Waals surface area contributed by atoms with Crippen LogP contribution in [0.2, 0.25) is 0 Å². The van der Waals surface area contributed by atoms with E-state index >= 15 is 0 Å². The van der Waals surface area contributed by atoms with E-state index in [2.05, 4.69) is 14.5 Å². The molecule has 0 amide bonds. The molecule has 0 aliphatic carbocycles. The molecule has 3 aliphatic rings. The molecule has 0 aromatic heterocycles. The van der Waals surface area contributed by atoms with Gasteiger partial charge in [-0.15, -0.1) is 0 Å². The maximum absolute atomic E-state index is 13.2. The fourth-order valence-corrected chi connectivity index (χ4v) is 6.18. The van der Waals surface area contributed by atoms with Gasteiger partial charge < -0.3 is 19.3 Å². The number of anilines is 2. The predicted molar refractivity (Wildman–Crippen MR) is 116 cm³/mol. The summed E-state index contributed by atoms with van der Waals surface area (Å²) in [6.07, 6.45) is 2.20. The van der Waals surface area contributed by atoms with Gasteiger partial charge >= 0.3 is 6.61 Å². The summed E-state index contributed by atoms with van der Waals surface area (Å²) >= 11 is 0. The van der Waals surface area contributed by atoms with Crippen molar-refractivity contribution >= 4 is 21.4 Å². The lowest BCUT2D eigenvalue weighted by molar-refractivity contribution is -0.0498. The largest absolute Gasteiger partial charge is 0.435 e. The molecule has 32 heavy (non-hydrogen) atoms. The molecule has 0 N–H and O–H groups in total. The van der Waals surface area contributed by atoms with E-state index in [1.54, 1.807) is 24.3 Å². The maximum atomic E-state index is 13.2. The normalized spacial score (nSPS) is 21.2. The monoisotopic (exact) mass is 465 g/mol. The minimum absolute atomic E-state index is 0.118. The van der Waals surface area contributed by atoms with Crippen molar-refractivity contribution in [3.63, 3.8) is 0 Å². The van der Waals surface area contributed by atoms with Gasteiger partial charge in [0.15, 0.2) is 0 Å². The lowest BCUT2D eigenvalue weighted by Gasteiger charge is -2.28. The molecule has 3 heterocycles. The molecule has 2 saturated heterocycles. The van der Waals surface area contributed by atoms with E-state index in [0.717, 1.165) is 36.3 Å². The average Bonchev–Trinajstić information content (AvgIpc) is 3.37. The van der Waals surface area contributed by atoms with Gasteiger partial charge in [-0.1, -0.05) is 12.1 Å². The van der Waals surface area contributed by atoms with E-state index in [1.807, 2.05) is 6.07 Å². The van der Waals surface area contributed by atoms with E-state index in [4.69, 9.17) is 4.74 Å². The third-order valence-corrected chi connectivity index (χ3v) is 8.15. The summed E-state index contributed by atoms with van der Waals surface area (Å²) in [5, 5.41) is 0. The molecule has 172 valence electrons. The Labute approximate surface area is 186 Å². The van der Waals surface area contributed by atoms with Crippen LogP contribution in [0.15, 0.2) is 47.4 Å². The molecule has 1 atom stereocenters. The number of hydrogen-bond donors (Lipinski definition) is 0. The quantitative estimate of drug-likeness (QED) is 0.653. The molecule has 10 heteroatoms. The van der Waals surface area contributed by atoms with Gasteiger partial charge in [0.25, 0.3) is 0 Å². The minimum atomic E-state index is -3.60. The zero-order chi connectivity index (χ0) is 22.3. The highest BCUT2D eigenvalue weighted by atomic mass is 32.2. The van der Waals surface area contributed by atoms with Crippen LogP contribution in [0.3, 0.4) is 0 Å². The van der Waals surface area contributed by atoms with Crippen molar-refractivity contribution in [3.05, 3.63) is 48.0 Å². The Bertz CT molecular complexity index is 1080. The van der Waals surface area contributed by atoms with Crippen LogP contribution in [0, 0.1) is 0 Å². The van der Waals surface area contributed by atoms with Crippen molar-refractivity contribution in [3.8, 4) is 5.75 Å². The fourth-order valence-electron chi connectivity index (χ4n) is 4.75. The number of benzene rings is 2. The number of rotatable bonds is 6. The first-order chi connectivity index (χ1) is 15.4. The standard InChI is InChI=1S/C22H25F2N3O4S/c23-22(24)31-17-5-3-16(4-6-17)15-27-20-14-18(32(28,29)25-10-12-30-13-11-25)7-8-19(20)26-9-1-2-21(26)27/h3-8,14,21-22H,1-2,9-13,15H2/t21-/m1/s1. The molecule has 0 saturated carbocycles. The summed E-state index contributed by atoms with van der Waals surface area (Å²) in [4.78, 5) is 4.81. The number of halogens is 2. The SMILES string of the molecule is O=S(=O)(c1ccc2c(c1)N(Cc1ccc(OC(F)F)cc1)[C@@H]1CCCN21)N1CCOCC1. The Morgan fingerprint density at radius 1 is 1.03 bits per heavy atom. The Morgan fingerprint density at radius 3 is 2.50 bits per heavy atom. The van der Waals surface area contributed by atoms with Crippen LogP contribution < -0.4 is 14.5 Å². The average molecular weight is 466 g/mol. The number of sulfonamides is 1. The summed E-state index contributed by atoms with van der Waals surface area (Å²) in [6.45, 7) is 0.116. The van der Waals surface area contributed by atoms with Crippen LogP contribution in [0.4, 0.5) is 20.2 Å². The molecule has 3 aliphatic heterocycles. The number of ether oxygens (including phenoxy) is 2. The van der Waals surface area contributed by atoms with E-state index in [0.29, 0.717) is 32.8 Å². The molecule has 2 fully saturated rings. The van der Waals surface area contributed by atoms with Crippen molar-refractivity contribution in [2.24, 2.45) is 0 Å². The summed E-state index contributed by atoms with van der Waals surface area (Å²) in [5.74, 6) is 0.118. The summed E-state index contributed by atoms with van der Waals surface area (Å²) in [5.41, 5.74) is 2.86. The van der Waals surface area contributed by atoms with Gasteiger partial charge in [-0.25, -0.2) is 8.42 Å². The highest BCUT2D eigenvalue weighted by molar-refractivity contribution is 7.89. The number of hydrogen-bond acceptors (Lipinski definition) is 6. The highest BCUT2D eigenvalue weighted by Gasteiger charge is 2.40. The van der Waals surface area contributed by atoms with Gasteiger partial charge in [0, 0.05) is 26.2 Å². The molecule has 2 aromatic rings. The van der Waals surface area contributed by atoms with Crippen molar-refractivity contribution in [1.82, 2.24) is 4.31 Å². The third-order valence-electron chi connectivity index (χ3n) is 6.26. The van der Waals surface area contributed by atoms with Gasteiger partial charge in [0.05, 0.1) is 29.5 Å². The first kappa shape index (κ1) is 21.4. The van der Waals surface area contributed by atoms with Crippen LogP contribution in [0.5, 0.6) is 5.75 Å². The van der Waals surface area contributed by atoms with Crippen molar-refractivity contribution in [1.29, 1.82) is 0 Å². The van der Waals surface area contributed by atoms with Crippen molar-refractivity contribution < 1.29 is 26.7 Å². The van der Waals surface area contributed by atoms with E-state index in [-0.39, 0.29) is 16.8 Å². The summed E-state index contributed by atoms with van der Waals surface area (Å²) in [7, 11) is -3.60. The first-order valence-electron chi connectivity index (χ1n) is 10.7. The minimum Gasteiger partial charge on any atom is -0.435 e. The molecule has 0 radical (unpaired) electrons. The molecule has 0 bridgehead atoms.